The Morgan fingerprint density at radius 3 is 2.25 bits per heavy atom. The van der Waals surface area contributed by atoms with Crippen molar-refractivity contribution in [2.45, 2.75) is 13.8 Å². The SMILES string of the molecule is Cc1cc(C)cc(N(C)C(=O)c2ccc(O)cc2F)c1. The summed E-state index contributed by atoms with van der Waals surface area (Å²) < 4.78 is 13.7. The van der Waals surface area contributed by atoms with Crippen molar-refractivity contribution in [3.63, 3.8) is 0 Å². The van der Waals surface area contributed by atoms with Crippen molar-refractivity contribution in [2.75, 3.05) is 11.9 Å². The van der Waals surface area contributed by atoms with Gasteiger partial charge in [-0.1, -0.05) is 6.07 Å². The lowest BCUT2D eigenvalue weighted by molar-refractivity contribution is 0.0989. The first kappa shape index (κ1) is 14.1. The summed E-state index contributed by atoms with van der Waals surface area (Å²) in [6.07, 6.45) is 0. The van der Waals surface area contributed by atoms with Gasteiger partial charge in [-0.05, 0) is 49.2 Å². The molecule has 1 amide bonds. The summed E-state index contributed by atoms with van der Waals surface area (Å²) in [7, 11) is 1.60. The van der Waals surface area contributed by atoms with Crippen LogP contribution in [0.15, 0.2) is 36.4 Å². The molecule has 2 aromatic rings. The summed E-state index contributed by atoms with van der Waals surface area (Å²) >= 11 is 0. The van der Waals surface area contributed by atoms with E-state index in [2.05, 4.69) is 0 Å². The molecule has 4 heteroatoms. The highest BCUT2D eigenvalue weighted by atomic mass is 19.1. The zero-order valence-corrected chi connectivity index (χ0v) is 11.6. The van der Waals surface area contributed by atoms with Gasteiger partial charge in [-0.3, -0.25) is 4.79 Å². The van der Waals surface area contributed by atoms with Crippen LogP contribution in [0, 0.1) is 19.7 Å². The first-order valence-electron chi connectivity index (χ1n) is 6.23. The van der Waals surface area contributed by atoms with Crippen LogP contribution in [0.5, 0.6) is 5.75 Å². The van der Waals surface area contributed by atoms with Gasteiger partial charge in [-0.2, -0.15) is 0 Å². The Balaban J connectivity index is 2.37. The number of nitrogens with zero attached hydrogens (tertiary/aromatic N) is 1. The van der Waals surface area contributed by atoms with Gasteiger partial charge in [0.25, 0.3) is 5.91 Å². The Morgan fingerprint density at radius 2 is 1.70 bits per heavy atom. The molecule has 3 nitrogen and oxygen atoms in total. The number of phenols is 1. The molecule has 0 saturated carbocycles. The summed E-state index contributed by atoms with van der Waals surface area (Å²) in [5.41, 5.74) is 2.71. The van der Waals surface area contributed by atoms with E-state index in [0.29, 0.717) is 5.69 Å². The Bertz CT molecular complexity index is 647. The second kappa shape index (κ2) is 5.33. The molecule has 104 valence electrons. The molecule has 0 aliphatic rings. The predicted molar refractivity (Wildman–Crippen MR) is 76.7 cm³/mol. The van der Waals surface area contributed by atoms with Crippen LogP contribution in [-0.4, -0.2) is 18.1 Å². The normalized spacial score (nSPS) is 10.4. The summed E-state index contributed by atoms with van der Waals surface area (Å²) in [6.45, 7) is 3.88. The van der Waals surface area contributed by atoms with Crippen molar-refractivity contribution in [3.8, 4) is 5.75 Å². The second-order valence-electron chi connectivity index (χ2n) is 4.87. The Kier molecular flexibility index (Phi) is 3.74. The van der Waals surface area contributed by atoms with Gasteiger partial charge in [0.05, 0.1) is 5.56 Å². The van der Waals surface area contributed by atoms with Crippen LogP contribution in [0.3, 0.4) is 0 Å². The van der Waals surface area contributed by atoms with Gasteiger partial charge >= 0.3 is 0 Å². The van der Waals surface area contributed by atoms with E-state index in [1.807, 2.05) is 32.0 Å². The molecule has 0 saturated heterocycles. The van der Waals surface area contributed by atoms with Crippen LogP contribution >= 0.6 is 0 Å². The first-order valence-corrected chi connectivity index (χ1v) is 6.23. The van der Waals surface area contributed by atoms with Crippen molar-refractivity contribution in [3.05, 3.63) is 58.9 Å². The lowest BCUT2D eigenvalue weighted by atomic mass is 10.1. The zero-order valence-electron chi connectivity index (χ0n) is 11.6. The van der Waals surface area contributed by atoms with Crippen molar-refractivity contribution >= 4 is 11.6 Å². The van der Waals surface area contributed by atoms with Crippen molar-refractivity contribution in [1.29, 1.82) is 0 Å². The average Bonchev–Trinajstić information content (AvgIpc) is 2.36. The van der Waals surface area contributed by atoms with Gasteiger partial charge in [-0.15, -0.1) is 0 Å². The number of benzene rings is 2. The fourth-order valence-electron chi connectivity index (χ4n) is 2.12. The summed E-state index contributed by atoms with van der Waals surface area (Å²) in [5, 5.41) is 9.18. The predicted octanol–water partition coefficient (Wildman–Crippen LogP) is 3.42. The number of amides is 1. The topological polar surface area (TPSA) is 40.5 Å². The van der Waals surface area contributed by atoms with E-state index >= 15 is 0 Å². The number of carbonyl (C=O) groups is 1. The number of halogens is 1. The van der Waals surface area contributed by atoms with E-state index in [9.17, 15) is 14.3 Å². The third-order valence-corrected chi connectivity index (χ3v) is 3.08. The fraction of sp³-hybridized carbons (Fsp3) is 0.188. The van der Waals surface area contributed by atoms with Crippen molar-refractivity contribution in [1.82, 2.24) is 0 Å². The molecule has 2 rings (SSSR count). The fourth-order valence-corrected chi connectivity index (χ4v) is 2.12. The van der Waals surface area contributed by atoms with Gasteiger partial charge < -0.3 is 10.0 Å². The lowest BCUT2D eigenvalue weighted by Crippen LogP contribution is -2.27. The number of hydrogen-bond acceptors (Lipinski definition) is 2. The van der Waals surface area contributed by atoms with Crippen LogP contribution in [-0.2, 0) is 0 Å². The highest BCUT2D eigenvalue weighted by Gasteiger charge is 2.18. The Hall–Kier alpha value is -2.36. The molecular weight excluding hydrogens is 257 g/mol. The summed E-state index contributed by atoms with van der Waals surface area (Å²) in [5.74, 6) is -1.38. The third-order valence-electron chi connectivity index (χ3n) is 3.08. The Morgan fingerprint density at radius 1 is 1.10 bits per heavy atom. The minimum atomic E-state index is -0.730. The van der Waals surface area contributed by atoms with E-state index in [-0.39, 0.29) is 11.3 Å². The number of carbonyl (C=O) groups excluding carboxylic acids is 1. The zero-order chi connectivity index (χ0) is 14.9. The standard InChI is InChI=1S/C16H16FNO2/c1-10-6-11(2)8-12(7-10)18(3)16(20)14-5-4-13(19)9-15(14)17/h4-9,19H,1-3H3. The van der Waals surface area contributed by atoms with Gasteiger partial charge in [0.1, 0.15) is 11.6 Å². The molecule has 0 spiro atoms. The van der Waals surface area contributed by atoms with Crippen LogP contribution in [0.2, 0.25) is 0 Å². The van der Waals surface area contributed by atoms with E-state index < -0.39 is 11.7 Å². The maximum absolute atomic E-state index is 13.7. The average molecular weight is 273 g/mol. The van der Waals surface area contributed by atoms with Crippen molar-refractivity contribution in [2.24, 2.45) is 0 Å². The van der Waals surface area contributed by atoms with Gasteiger partial charge in [0.15, 0.2) is 0 Å². The number of aromatic hydroxyl groups is 1. The molecule has 0 atom stereocenters. The largest absolute Gasteiger partial charge is 0.508 e. The number of anilines is 1. The van der Waals surface area contributed by atoms with Crippen LogP contribution < -0.4 is 4.90 Å². The molecule has 0 radical (unpaired) electrons. The molecule has 0 aliphatic carbocycles. The summed E-state index contributed by atoms with van der Waals surface area (Å²) in [6, 6.07) is 9.25. The van der Waals surface area contributed by atoms with E-state index in [4.69, 9.17) is 0 Å². The maximum Gasteiger partial charge on any atom is 0.260 e. The first-order chi connectivity index (χ1) is 9.38. The quantitative estimate of drug-likeness (QED) is 0.910. The van der Waals surface area contributed by atoms with E-state index in [0.717, 1.165) is 17.2 Å². The molecule has 0 heterocycles. The monoisotopic (exact) mass is 273 g/mol. The minimum absolute atomic E-state index is 0.0653. The minimum Gasteiger partial charge on any atom is -0.508 e. The third kappa shape index (κ3) is 2.79. The van der Waals surface area contributed by atoms with E-state index in [1.54, 1.807) is 7.05 Å². The number of phenolic OH excluding ortho intramolecular Hbond substituents is 1. The summed E-state index contributed by atoms with van der Waals surface area (Å²) in [4.78, 5) is 13.7. The van der Waals surface area contributed by atoms with Gasteiger partial charge in [0, 0.05) is 18.8 Å². The molecule has 0 aromatic heterocycles. The second-order valence-corrected chi connectivity index (χ2v) is 4.87. The lowest BCUT2D eigenvalue weighted by Gasteiger charge is -2.19. The smallest absolute Gasteiger partial charge is 0.260 e. The Labute approximate surface area is 117 Å². The van der Waals surface area contributed by atoms with Gasteiger partial charge in [-0.25, -0.2) is 4.39 Å². The van der Waals surface area contributed by atoms with Crippen LogP contribution in [0.25, 0.3) is 0 Å². The maximum atomic E-state index is 13.7. The molecule has 0 unspecified atom stereocenters. The molecule has 1 N–H and O–H groups in total. The highest BCUT2D eigenvalue weighted by Crippen LogP contribution is 2.22. The molecule has 0 fully saturated rings. The van der Waals surface area contributed by atoms with Crippen LogP contribution in [0.1, 0.15) is 21.5 Å². The number of hydrogen-bond donors (Lipinski definition) is 1. The number of rotatable bonds is 2. The van der Waals surface area contributed by atoms with Crippen molar-refractivity contribution < 1.29 is 14.3 Å². The molecular formula is C16H16FNO2. The molecule has 0 bridgehead atoms. The molecule has 0 aliphatic heterocycles. The van der Waals surface area contributed by atoms with E-state index in [1.165, 1.54) is 17.0 Å². The van der Waals surface area contributed by atoms with Crippen LogP contribution in [0.4, 0.5) is 10.1 Å². The molecule has 20 heavy (non-hydrogen) atoms. The van der Waals surface area contributed by atoms with Gasteiger partial charge in [0.2, 0.25) is 0 Å². The highest BCUT2D eigenvalue weighted by molar-refractivity contribution is 6.06. The number of aryl methyl sites for hydroxylation is 2. The molecule has 2 aromatic carbocycles.